The lowest BCUT2D eigenvalue weighted by Crippen LogP contribution is -2.46. The molecule has 0 spiro atoms. The van der Waals surface area contributed by atoms with E-state index in [0.717, 1.165) is 11.6 Å². The quantitative estimate of drug-likeness (QED) is 0.350. The van der Waals surface area contributed by atoms with Crippen LogP contribution in [0.5, 0.6) is 0 Å². The number of benzene rings is 1. The van der Waals surface area contributed by atoms with Gasteiger partial charge in [0.2, 0.25) is 0 Å². The van der Waals surface area contributed by atoms with Crippen molar-refractivity contribution in [2.45, 2.75) is 52.4 Å². The summed E-state index contributed by atoms with van der Waals surface area (Å²) in [4.78, 5) is 41.6. The summed E-state index contributed by atoms with van der Waals surface area (Å²) in [6, 6.07) is 4.42. The minimum Gasteiger partial charge on any atom is -0.354 e. The smallest absolute Gasteiger partial charge is 0.354 e. The van der Waals surface area contributed by atoms with Gasteiger partial charge in [0.05, 0.1) is 24.0 Å². The largest absolute Gasteiger partial charge is 0.417 e. The van der Waals surface area contributed by atoms with Gasteiger partial charge < -0.3 is 10.2 Å². The summed E-state index contributed by atoms with van der Waals surface area (Å²) < 4.78 is 45.0. The molecule has 0 saturated heterocycles. The van der Waals surface area contributed by atoms with Gasteiger partial charge >= 0.3 is 6.18 Å². The fourth-order valence-electron chi connectivity index (χ4n) is 5.40. The summed E-state index contributed by atoms with van der Waals surface area (Å²) in [6.07, 6.45) is -2.23. The Morgan fingerprint density at radius 3 is 2.57 bits per heavy atom. The van der Waals surface area contributed by atoms with Gasteiger partial charge in [-0.2, -0.15) is 23.4 Å². The first-order valence-electron chi connectivity index (χ1n) is 13.3. The van der Waals surface area contributed by atoms with Gasteiger partial charge in [-0.25, -0.2) is 9.08 Å². The van der Waals surface area contributed by atoms with Crippen LogP contribution in [-0.2, 0) is 32.6 Å². The molecule has 0 aliphatic carbocycles. The number of alkyl halides is 3. The van der Waals surface area contributed by atoms with Crippen molar-refractivity contribution < 1.29 is 22.8 Å². The summed E-state index contributed by atoms with van der Waals surface area (Å²) in [5.74, 6) is -0.474. The van der Waals surface area contributed by atoms with E-state index >= 15 is 0 Å². The molecule has 0 fully saturated rings. The minimum absolute atomic E-state index is 0.0339. The number of aryl methyl sites for hydroxylation is 1. The molecule has 1 aliphatic rings. The molecular formula is C28H29BrF3N7O3. The first-order valence-corrected chi connectivity index (χ1v) is 14.1. The monoisotopic (exact) mass is 647 g/mol. The lowest BCUT2D eigenvalue weighted by Gasteiger charge is -2.35. The maximum absolute atomic E-state index is 14.1. The van der Waals surface area contributed by atoms with Crippen molar-refractivity contribution in [2.24, 2.45) is 13.0 Å². The van der Waals surface area contributed by atoms with Gasteiger partial charge in [-0.05, 0) is 43.9 Å². The lowest BCUT2D eigenvalue weighted by atomic mass is 9.97. The fraction of sp³-hybridized carbons (Fsp3) is 0.393. The van der Waals surface area contributed by atoms with Gasteiger partial charge in [-0.3, -0.25) is 19.1 Å². The Morgan fingerprint density at radius 1 is 1.21 bits per heavy atom. The minimum atomic E-state index is -4.64. The van der Waals surface area contributed by atoms with E-state index in [-0.39, 0.29) is 51.9 Å². The number of fused-ring (bicyclic) bond motifs is 3. The molecule has 1 aliphatic heterocycles. The Morgan fingerprint density at radius 2 is 1.93 bits per heavy atom. The molecule has 2 amide bonds. The highest BCUT2D eigenvalue weighted by Crippen LogP contribution is 2.36. The van der Waals surface area contributed by atoms with Gasteiger partial charge in [0, 0.05) is 47.4 Å². The average molecular weight is 648 g/mol. The molecule has 4 aromatic rings. The standard InChI is InChI=1S/C28H29BrF3N7O3/c1-14(2)8-17-12-34-39-22-13-37(26(41)16-6-7-20(29)19(10-16)28(30,31)32)15(3)9-18(22)27(42)38(25(17)39)23-11-21(24(40)33-4)36(5)35-23/h6-7,10-12,14-15H,8-9,13H2,1-5H3,(H,33,40)/t15-/m1/s1. The van der Waals surface area contributed by atoms with Crippen molar-refractivity contribution in [1.82, 2.24) is 34.2 Å². The van der Waals surface area contributed by atoms with E-state index in [2.05, 4.69) is 31.4 Å². The third kappa shape index (κ3) is 5.01. The summed E-state index contributed by atoms with van der Waals surface area (Å²) in [6.45, 7) is 5.78. The van der Waals surface area contributed by atoms with Crippen molar-refractivity contribution >= 4 is 33.4 Å². The second kappa shape index (κ2) is 10.7. The van der Waals surface area contributed by atoms with E-state index in [1.165, 1.54) is 39.4 Å². The van der Waals surface area contributed by atoms with Crippen molar-refractivity contribution in [2.75, 3.05) is 7.05 Å². The van der Waals surface area contributed by atoms with E-state index in [1.54, 1.807) is 24.7 Å². The first kappa shape index (κ1) is 29.5. The van der Waals surface area contributed by atoms with Crippen LogP contribution < -0.4 is 10.9 Å². The number of carbonyl (C=O) groups is 2. The molecule has 1 N–H and O–H groups in total. The van der Waals surface area contributed by atoms with Gasteiger partial charge in [0.1, 0.15) is 11.3 Å². The van der Waals surface area contributed by atoms with Crippen molar-refractivity contribution in [3.8, 4) is 5.82 Å². The Balaban J connectivity index is 1.67. The summed E-state index contributed by atoms with van der Waals surface area (Å²) >= 11 is 2.92. The zero-order chi connectivity index (χ0) is 30.7. The number of rotatable bonds is 5. The van der Waals surface area contributed by atoms with Crippen molar-refractivity contribution in [3.63, 3.8) is 0 Å². The fourth-order valence-corrected chi connectivity index (χ4v) is 5.87. The van der Waals surface area contributed by atoms with Gasteiger partial charge in [-0.1, -0.05) is 29.8 Å². The molecule has 1 atom stereocenters. The molecule has 4 heterocycles. The van der Waals surface area contributed by atoms with Crippen LogP contribution in [0.4, 0.5) is 13.2 Å². The highest BCUT2D eigenvalue weighted by molar-refractivity contribution is 9.10. The molecule has 3 aromatic heterocycles. The SMILES string of the molecule is CNC(=O)c1cc(-n2c(=O)c3c(n4ncc(CC(C)C)c24)CN(C(=O)c2ccc(Br)c(C(F)(F)F)c2)[C@H](C)C3)nn1C. The summed E-state index contributed by atoms with van der Waals surface area (Å²) in [7, 11) is 3.11. The normalized spacial score (nSPS) is 15.4. The number of hydrogen-bond donors (Lipinski definition) is 1. The Bertz CT molecular complexity index is 1790. The van der Waals surface area contributed by atoms with E-state index in [0.29, 0.717) is 23.3 Å². The third-order valence-electron chi connectivity index (χ3n) is 7.41. The third-order valence-corrected chi connectivity index (χ3v) is 8.10. The summed E-state index contributed by atoms with van der Waals surface area (Å²) in [5, 5.41) is 11.6. The Labute approximate surface area is 247 Å². The number of halogens is 4. The van der Waals surface area contributed by atoms with E-state index < -0.39 is 23.7 Å². The van der Waals surface area contributed by atoms with Crippen LogP contribution in [0.1, 0.15) is 64.0 Å². The molecule has 0 bridgehead atoms. The number of amides is 2. The van der Waals surface area contributed by atoms with Crippen LogP contribution in [0.2, 0.25) is 0 Å². The predicted molar refractivity (Wildman–Crippen MR) is 152 cm³/mol. The van der Waals surface area contributed by atoms with Crippen molar-refractivity contribution in [1.29, 1.82) is 0 Å². The maximum Gasteiger partial charge on any atom is 0.417 e. The first-order chi connectivity index (χ1) is 19.7. The molecule has 10 nitrogen and oxygen atoms in total. The molecule has 0 unspecified atom stereocenters. The zero-order valence-electron chi connectivity index (χ0n) is 23.6. The maximum atomic E-state index is 14.1. The second-order valence-corrected chi connectivity index (χ2v) is 11.7. The second-order valence-electron chi connectivity index (χ2n) is 10.8. The topological polar surface area (TPSA) is 107 Å². The number of hydrogen-bond acceptors (Lipinski definition) is 5. The van der Waals surface area contributed by atoms with Gasteiger partial charge in [0.25, 0.3) is 17.4 Å². The summed E-state index contributed by atoms with van der Waals surface area (Å²) in [5.41, 5.74) is 0.975. The van der Waals surface area contributed by atoms with Crippen LogP contribution in [0, 0.1) is 5.92 Å². The van der Waals surface area contributed by atoms with Crippen LogP contribution in [-0.4, -0.2) is 53.8 Å². The molecule has 5 rings (SSSR count). The van der Waals surface area contributed by atoms with E-state index in [9.17, 15) is 27.6 Å². The molecule has 0 saturated carbocycles. The lowest BCUT2D eigenvalue weighted by molar-refractivity contribution is -0.138. The highest BCUT2D eigenvalue weighted by Gasteiger charge is 2.36. The van der Waals surface area contributed by atoms with Crippen LogP contribution in [0.25, 0.3) is 11.5 Å². The van der Waals surface area contributed by atoms with Crippen molar-refractivity contribution in [3.05, 3.63) is 78.9 Å². The number of nitrogens with one attached hydrogen (secondary N) is 1. The molecule has 42 heavy (non-hydrogen) atoms. The number of nitrogens with zero attached hydrogens (tertiary/aromatic N) is 6. The zero-order valence-corrected chi connectivity index (χ0v) is 25.2. The molecule has 1 aromatic carbocycles. The Hall–Kier alpha value is -3.94. The van der Waals surface area contributed by atoms with Crippen LogP contribution in [0.15, 0.2) is 39.7 Å². The molecule has 0 radical (unpaired) electrons. The highest BCUT2D eigenvalue weighted by atomic mass is 79.9. The molecule has 222 valence electrons. The predicted octanol–water partition coefficient (Wildman–Crippen LogP) is 4.15. The van der Waals surface area contributed by atoms with Crippen LogP contribution >= 0.6 is 15.9 Å². The molecular weight excluding hydrogens is 619 g/mol. The van der Waals surface area contributed by atoms with Crippen LogP contribution in [0.3, 0.4) is 0 Å². The number of carbonyl (C=O) groups excluding carboxylic acids is 2. The Kier molecular flexibility index (Phi) is 7.54. The van der Waals surface area contributed by atoms with Gasteiger partial charge in [-0.15, -0.1) is 0 Å². The number of aromatic nitrogens is 5. The van der Waals surface area contributed by atoms with E-state index in [1.807, 2.05) is 13.8 Å². The molecule has 14 heteroatoms. The van der Waals surface area contributed by atoms with E-state index in [4.69, 9.17) is 0 Å². The average Bonchev–Trinajstić information content (AvgIpc) is 3.50. The van der Waals surface area contributed by atoms with Gasteiger partial charge in [0.15, 0.2) is 5.82 Å².